The lowest BCUT2D eigenvalue weighted by atomic mass is 10.2. The number of nitrogens with two attached hydrogens (primary N) is 1. The Morgan fingerprint density at radius 1 is 1.28 bits per heavy atom. The molecule has 0 spiro atoms. The number of nitrogen functional groups attached to an aromatic ring is 1. The van der Waals surface area contributed by atoms with E-state index in [4.69, 9.17) is 10.3 Å². The summed E-state index contributed by atoms with van der Waals surface area (Å²) in [5, 5.41) is 3.92. The van der Waals surface area contributed by atoms with Gasteiger partial charge in [-0.05, 0) is 46.3 Å². The molecular weight excluding hydrogens is 296 g/mol. The summed E-state index contributed by atoms with van der Waals surface area (Å²) in [6.07, 6.45) is 1.81. The molecule has 0 amide bonds. The maximum absolute atomic E-state index is 5.73. The van der Waals surface area contributed by atoms with Gasteiger partial charge in [-0.1, -0.05) is 5.16 Å². The van der Waals surface area contributed by atoms with E-state index in [1.165, 1.54) is 0 Å². The number of nitrogens with zero attached hydrogens (tertiary/aromatic N) is 2. The van der Waals surface area contributed by atoms with Gasteiger partial charge in [-0.25, -0.2) is 0 Å². The number of H-pyrrole nitrogens is 1. The highest BCUT2D eigenvalue weighted by Crippen LogP contribution is 2.27. The van der Waals surface area contributed by atoms with Crippen molar-refractivity contribution < 1.29 is 4.52 Å². The summed E-state index contributed by atoms with van der Waals surface area (Å²) < 4.78 is 6.03. The van der Waals surface area contributed by atoms with Crippen LogP contribution in [0.3, 0.4) is 0 Å². The standard InChI is InChI=1S/C12H9BrN4O/c13-8-6-7(3-4-9(8)14)12-16-11(17-18-12)10-2-1-5-15-10/h1-6,15H,14H2. The molecule has 3 aromatic rings. The first-order valence-corrected chi connectivity index (χ1v) is 6.06. The molecule has 0 bridgehead atoms. The number of hydrogen-bond acceptors (Lipinski definition) is 4. The molecule has 0 aliphatic carbocycles. The summed E-state index contributed by atoms with van der Waals surface area (Å²) in [4.78, 5) is 7.35. The van der Waals surface area contributed by atoms with Crippen molar-refractivity contribution in [1.82, 2.24) is 15.1 Å². The van der Waals surface area contributed by atoms with Gasteiger partial charge in [0.05, 0.1) is 5.69 Å². The van der Waals surface area contributed by atoms with E-state index in [1.54, 1.807) is 6.07 Å². The van der Waals surface area contributed by atoms with Crippen LogP contribution in [0.4, 0.5) is 5.69 Å². The molecule has 0 aliphatic rings. The number of benzene rings is 1. The molecule has 2 aromatic heterocycles. The van der Waals surface area contributed by atoms with E-state index in [0.29, 0.717) is 17.4 Å². The summed E-state index contributed by atoms with van der Waals surface area (Å²) in [5.41, 5.74) is 8.04. The maximum atomic E-state index is 5.73. The van der Waals surface area contributed by atoms with E-state index in [2.05, 4.69) is 31.1 Å². The van der Waals surface area contributed by atoms with Crippen molar-refractivity contribution in [3.05, 3.63) is 41.0 Å². The highest BCUT2D eigenvalue weighted by atomic mass is 79.9. The summed E-state index contributed by atoms with van der Waals surface area (Å²) in [7, 11) is 0. The predicted octanol–water partition coefficient (Wildman–Crippen LogP) is 3.08. The fraction of sp³-hybridized carbons (Fsp3) is 0. The van der Waals surface area contributed by atoms with Crippen LogP contribution in [0.15, 0.2) is 45.5 Å². The molecule has 2 heterocycles. The third-order valence-electron chi connectivity index (χ3n) is 2.51. The molecule has 0 unspecified atom stereocenters. The predicted molar refractivity (Wildman–Crippen MR) is 71.6 cm³/mol. The summed E-state index contributed by atoms with van der Waals surface area (Å²) >= 11 is 3.37. The van der Waals surface area contributed by atoms with E-state index in [9.17, 15) is 0 Å². The van der Waals surface area contributed by atoms with Crippen LogP contribution in [0.25, 0.3) is 23.0 Å². The number of anilines is 1. The number of aromatic nitrogens is 3. The smallest absolute Gasteiger partial charge is 0.258 e. The molecule has 0 aliphatic heterocycles. The number of nitrogens with one attached hydrogen (secondary N) is 1. The minimum Gasteiger partial charge on any atom is -0.398 e. The third-order valence-corrected chi connectivity index (χ3v) is 3.20. The van der Waals surface area contributed by atoms with Gasteiger partial charge in [-0.15, -0.1) is 0 Å². The van der Waals surface area contributed by atoms with Crippen LogP contribution in [0.5, 0.6) is 0 Å². The highest BCUT2D eigenvalue weighted by Gasteiger charge is 2.11. The lowest BCUT2D eigenvalue weighted by molar-refractivity contribution is 0.432. The van der Waals surface area contributed by atoms with E-state index >= 15 is 0 Å². The third kappa shape index (κ3) is 1.91. The monoisotopic (exact) mass is 304 g/mol. The zero-order valence-electron chi connectivity index (χ0n) is 9.22. The van der Waals surface area contributed by atoms with Crippen LogP contribution in [0, 0.1) is 0 Å². The molecular formula is C12H9BrN4O. The molecule has 0 saturated heterocycles. The van der Waals surface area contributed by atoms with Gasteiger partial charge in [0, 0.05) is 21.9 Å². The number of rotatable bonds is 2. The lowest BCUT2D eigenvalue weighted by Gasteiger charge is -1.98. The Hall–Kier alpha value is -2.08. The average Bonchev–Trinajstić information content (AvgIpc) is 3.01. The Balaban J connectivity index is 2.00. The van der Waals surface area contributed by atoms with Crippen LogP contribution in [-0.4, -0.2) is 15.1 Å². The van der Waals surface area contributed by atoms with Gasteiger partial charge in [0.1, 0.15) is 0 Å². The van der Waals surface area contributed by atoms with Gasteiger partial charge in [-0.2, -0.15) is 4.98 Å². The van der Waals surface area contributed by atoms with Crippen molar-refractivity contribution in [3.8, 4) is 23.0 Å². The quantitative estimate of drug-likeness (QED) is 0.713. The fourth-order valence-electron chi connectivity index (χ4n) is 1.58. The molecule has 3 N–H and O–H groups in total. The van der Waals surface area contributed by atoms with E-state index in [0.717, 1.165) is 15.7 Å². The lowest BCUT2D eigenvalue weighted by Crippen LogP contribution is -1.87. The Kier molecular flexibility index (Phi) is 2.64. The number of hydrogen-bond donors (Lipinski definition) is 2. The summed E-state index contributed by atoms with van der Waals surface area (Å²) in [5.74, 6) is 0.989. The maximum Gasteiger partial charge on any atom is 0.258 e. The summed E-state index contributed by atoms with van der Waals surface area (Å²) in [6, 6.07) is 9.24. The minimum absolute atomic E-state index is 0.459. The Labute approximate surface area is 111 Å². The normalized spacial score (nSPS) is 10.7. The van der Waals surface area contributed by atoms with Crippen molar-refractivity contribution in [3.63, 3.8) is 0 Å². The first-order chi connectivity index (χ1) is 8.74. The summed E-state index contributed by atoms with van der Waals surface area (Å²) in [6.45, 7) is 0. The van der Waals surface area contributed by atoms with Crippen LogP contribution >= 0.6 is 15.9 Å². The molecule has 0 radical (unpaired) electrons. The van der Waals surface area contributed by atoms with E-state index in [-0.39, 0.29) is 0 Å². The number of halogens is 1. The average molecular weight is 305 g/mol. The second-order valence-electron chi connectivity index (χ2n) is 3.74. The van der Waals surface area contributed by atoms with Gasteiger partial charge >= 0.3 is 0 Å². The Bertz CT molecular complexity index is 675. The van der Waals surface area contributed by atoms with Crippen molar-refractivity contribution in [1.29, 1.82) is 0 Å². The Morgan fingerprint density at radius 3 is 2.89 bits per heavy atom. The van der Waals surface area contributed by atoms with Crippen molar-refractivity contribution in [2.45, 2.75) is 0 Å². The van der Waals surface area contributed by atoms with Crippen molar-refractivity contribution >= 4 is 21.6 Å². The highest BCUT2D eigenvalue weighted by molar-refractivity contribution is 9.10. The second-order valence-corrected chi connectivity index (χ2v) is 4.60. The second kappa shape index (κ2) is 4.30. The van der Waals surface area contributed by atoms with Gasteiger partial charge in [0.15, 0.2) is 0 Å². The topological polar surface area (TPSA) is 80.7 Å². The fourth-order valence-corrected chi connectivity index (χ4v) is 1.96. The molecule has 0 fully saturated rings. The first-order valence-electron chi connectivity index (χ1n) is 5.27. The zero-order valence-corrected chi connectivity index (χ0v) is 10.8. The van der Waals surface area contributed by atoms with E-state index in [1.807, 2.05) is 30.5 Å². The zero-order chi connectivity index (χ0) is 12.5. The van der Waals surface area contributed by atoms with Gasteiger partial charge < -0.3 is 15.2 Å². The van der Waals surface area contributed by atoms with Crippen molar-refractivity contribution in [2.75, 3.05) is 5.73 Å². The van der Waals surface area contributed by atoms with Crippen molar-refractivity contribution in [2.24, 2.45) is 0 Å². The molecule has 5 nitrogen and oxygen atoms in total. The molecule has 0 saturated carbocycles. The molecule has 18 heavy (non-hydrogen) atoms. The number of aromatic amines is 1. The van der Waals surface area contributed by atoms with Crippen LogP contribution in [-0.2, 0) is 0 Å². The van der Waals surface area contributed by atoms with Gasteiger partial charge in [0.2, 0.25) is 5.82 Å². The first kappa shape index (κ1) is 11.0. The van der Waals surface area contributed by atoms with Gasteiger partial charge in [0.25, 0.3) is 5.89 Å². The van der Waals surface area contributed by atoms with Crippen LogP contribution in [0.1, 0.15) is 0 Å². The van der Waals surface area contributed by atoms with Gasteiger partial charge in [-0.3, -0.25) is 0 Å². The molecule has 6 heteroatoms. The molecule has 90 valence electrons. The molecule has 0 atom stereocenters. The van der Waals surface area contributed by atoms with E-state index < -0.39 is 0 Å². The van der Waals surface area contributed by atoms with Crippen LogP contribution < -0.4 is 5.73 Å². The minimum atomic E-state index is 0.459. The Morgan fingerprint density at radius 2 is 2.17 bits per heavy atom. The largest absolute Gasteiger partial charge is 0.398 e. The SMILES string of the molecule is Nc1ccc(-c2nc(-c3ccc[nH]3)no2)cc1Br. The van der Waals surface area contributed by atoms with Crippen LogP contribution in [0.2, 0.25) is 0 Å². The molecule has 3 rings (SSSR count). The molecule has 1 aromatic carbocycles.